The van der Waals surface area contributed by atoms with Crippen LogP contribution in [0.2, 0.25) is 0 Å². The molecule has 0 aliphatic heterocycles. The zero-order valence-electron chi connectivity index (χ0n) is 7.65. The van der Waals surface area contributed by atoms with Crippen molar-refractivity contribution in [2.45, 2.75) is 13.3 Å². The average molecular weight is 217 g/mol. The van der Waals surface area contributed by atoms with Gasteiger partial charge in [-0.25, -0.2) is 4.98 Å². The van der Waals surface area contributed by atoms with E-state index >= 15 is 0 Å². The van der Waals surface area contributed by atoms with Gasteiger partial charge < -0.3 is 10.1 Å². The second-order valence-corrected chi connectivity index (χ2v) is 3.25. The molecule has 76 valence electrons. The van der Waals surface area contributed by atoms with Crippen LogP contribution in [0.25, 0.3) is 0 Å². The minimum Gasteiger partial charge on any atom is -0.466 e. The quantitative estimate of drug-likeness (QED) is 0.450. The number of esters is 1. The van der Waals surface area contributed by atoms with Gasteiger partial charge in [-0.3, -0.25) is 9.59 Å². The van der Waals surface area contributed by atoms with Crippen LogP contribution in [0.3, 0.4) is 0 Å². The number of rotatable bonds is 5. The highest BCUT2D eigenvalue weighted by Gasteiger charge is 2.07. The van der Waals surface area contributed by atoms with Crippen molar-refractivity contribution < 1.29 is 14.3 Å². The van der Waals surface area contributed by atoms with Crippen molar-refractivity contribution in [1.82, 2.24) is 4.98 Å². The fourth-order valence-electron chi connectivity index (χ4n) is 0.865. The Labute approximate surface area is 85.1 Å². The first kappa shape index (κ1) is 10.6. The summed E-state index contributed by atoms with van der Waals surface area (Å²) in [7, 11) is 0. The molecule has 0 fully saturated rings. The zero-order chi connectivity index (χ0) is 10.4. The van der Waals surface area contributed by atoms with Gasteiger partial charge in [-0.1, -0.05) is 0 Å². The van der Waals surface area contributed by atoms with Crippen LogP contribution in [-0.4, -0.2) is 24.0 Å². The number of hydrogen-bond acceptors (Lipinski definition) is 5. The number of aromatic nitrogens is 1. The molecule has 0 aliphatic rings. The molecule has 0 spiro atoms. The van der Waals surface area contributed by atoms with Crippen LogP contribution in [-0.2, 0) is 20.7 Å². The van der Waals surface area contributed by atoms with Crippen molar-refractivity contribution in [2.75, 3.05) is 11.9 Å². The lowest BCUT2D eigenvalue weighted by atomic mass is 10.4. The molecule has 0 radical (unpaired) electrons. The monoisotopic (exact) mass is 217 g/mol. The molecule has 0 atom stereocenters. The number of nitrogens with zero attached hydrogens (tertiary/aromatic N) is 1. The average Bonchev–Trinajstić information content (AvgIpc) is 2.53. The van der Waals surface area contributed by atoms with Gasteiger partial charge in [0, 0.05) is 5.38 Å². The van der Waals surface area contributed by atoms with E-state index in [4.69, 9.17) is 4.74 Å². The summed E-state index contributed by atoms with van der Waals surface area (Å²) in [6.07, 6.45) is 0.692. The predicted octanol–water partition coefficient (Wildman–Crippen LogP) is 0.817. The molecule has 1 N–H and O–H groups in total. The first-order chi connectivity index (χ1) is 6.76. The summed E-state index contributed by atoms with van der Waals surface area (Å²) >= 11 is 1.27. The summed E-state index contributed by atoms with van der Waals surface area (Å²) in [6.45, 7) is 2.11. The van der Waals surface area contributed by atoms with E-state index in [1.165, 1.54) is 11.3 Å². The third-order valence-electron chi connectivity index (χ3n) is 1.36. The molecular formula is C8H10N2O3S. The van der Waals surface area contributed by atoms with Gasteiger partial charge in [0.25, 0.3) is 0 Å². The van der Waals surface area contributed by atoms with Gasteiger partial charge in [-0.05, 0) is 6.92 Å². The van der Waals surface area contributed by atoms with Crippen molar-refractivity contribution >= 4 is 28.8 Å². The highest BCUT2D eigenvalue weighted by molar-refractivity contribution is 7.13. The topological polar surface area (TPSA) is 68.3 Å². The number of amides is 1. The van der Waals surface area contributed by atoms with E-state index in [2.05, 4.69) is 10.3 Å². The Morgan fingerprint density at radius 2 is 2.57 bits per heavy atom. The van der Waals surface area contributed by atoms with Gasteiger partial charge >= 0.3 is 5.97 Å². The Morgan fingerprint density at radius 3 is 3.21 bits per heavy atom. The van der Waals surface area contributed by atoms with E-state index in [-0.39, 0.29) is 12.4 Å². The first-order valence-electron chi connectivity index (χ1n) is 4.06. The fraction of sp³-hybridized carbons (Fsp3) is 0.375. The van der Waals surface area contributed by atoms with Crippen molar-refractivity contribution in [3.05, 3.63) is 11.1 Å². The van der Waals surface area contributed by atoms with Crippen LogP contribution in [0.4, 0.5) is 5.13 Å². The predicted molar refractivity (Wildman–Crippen MR) is 52.1 cm³/mol. The Hall–Kier alpha value is -1.43. The molecule has 0 bridgehead atoms. The lowest BCUT2D eigenvalue weighted by Crippen LogP contribution is -2.07. The molecule has 0 saturated heterocycles. The van der Waals surface area contributed by atoms with Crippen LogP contribution in [0.5, 0.6) is 0 Å². The zero-order valence-corrected chi connectivity index (χ0v) is 8.47. The summed E-state index contributed by atoms with van der Waals surface area (Å²) in [5.41, 5.74) is 0.609. The Bertz CT molecular complexity index is 324. The standard InChI is InChI=1S/C8H10N2O3S/c1-2-13-7(12)3-6-4-14-8(10-6)9-5-11/h4-5H,2-3H2,1H3,(H,9,10,11)/i8+1,9+1,10+1. The molecule has 1 amide bonds. The van der Waals surface area contributed by atoms with Gasteiger partial charge in [0.1, 0.15) is 0 Å². The van der Waals surface area contributed by atoms with E-state index in [1.807, 2.05) is 0 Å². The number of nitrogens with one attached hydrogen (secondary N) is 1. The molecule has 0 saturated carbocycles. The number of ether oxygens (including phenoxy) is 1. The Balaban J connectivity index is 2.50. The third-order valence-corrected chi connectivity index (χ3v) is 2.19. The second kappa shape index (κ2) is 5.33. The van der Waals surface area contributed by atoms with E-state index in [0.717, 1.165) is 0 Å². The normalized spacial score (nSPS) is 9.50. The van der Waals surface area contributed by atoms with Crippen LogP contribution < -0.4 is 5.32 Å². The Kier molecular flexibility index (Phi) is 4.06. The maximum Gasteiger partial charge on any atom is 0.311 e. The van der Waals surface area contributed by atoms with E-state index in [9.17, 15) is 9.59 Å². The molecule has 0 aliphatic carbocycles. The van der Waals surface area contributed by atoms with E-state index < -0.39 is 0 Å². The summed E-state index contributed by atoms with van der Waals surface area (Å²) < 4.78 is 4.75. The van der Waals surface area contributed by atoms with Crippen LogP contribution in [0.1, 0.15) is 12.6 Å². The summed E-state index contributed by atoms with van der Waals surface area (Å²) in [5.74, 6) is -0.310. The number of carbonyl (C=O) groups is 2. The molecule has 1 rings (SSSR count). The highest BCUT2D eigenvalue weighted by Crippen LogP contribution is 2.14. The number of hydrogen-bond donors (Lipinski definition) is 1. The van der Waals surface area contributed by atoms with Gasteiger partial charge in [-0.15, -0.1) is 11.3 Å². The van der Waals surface area contributed by atoms with E-state index in [0.29, 0.717) is 23.8 Å². The second-order valence-electron chi connectivity index (χ2n) is 2.39. The summed E-state index contributed by atoms with van der Waals surface area (Å²) in [5, 5.41) is 4.60. The fourth-order valence-corrected chi connectivity index (χ4v) is 1.53. The lowest BCUT2D eigenvalue weighted by molar-refractivity contribution is -0.142. The van der Waals surface area contributed by atoms with Crippen LogP contribution in [0, 0.1) is 0 Å². The molecule has 1 heterocycles. The smallest absolute Gasteiger partial charge is 0.311 e. The number of thiazole rings is 1. The first-order valence-corrected chi connectivity index (χ1v) is 4.94. The van der Waals surface area contributed by atoms with Gasteiger partial charge in [-0.2, -0.15) is 0 Å². The number of anilines is 1. The lowest BCUT2D eigenvalue weighted by Gasteiger charge is -1.97. The number of carbonyl (C=O) groups excluding carboxylic acids is 2. The largest absolute Gasteiger partial charge is 0.466 e. The highest BCUT2D eigenvalue weighted by atomic mass is 32.1. The Morgan fingerprint density at radius 1 is 1.79 bits per heavy atom. The van der Waals surface area contributed by atoms with Gasteiger partial charge in [0.15, 0.2) is 5.13 Å². The van der Waals surface area contributed by atoms with E-state index in [1.54, 1.807) is 12.3 Å². The maximum absolute atomic E-state index is 11.0. The SMILES string of the molecule is CCOC(=O)Cc1cs[13c]([15NH]C=O)[15n]1. The third kappa shape index (κ3) is 3.14. The maximum atomic E-state index is 11.0. The van der Waals surface area contributed by atoms with Crippen molar-refractivity contribution in [1.29, 1.82) is 0 Å². The molecule has 0 unspecified atom stereocenters. The van der Waals surface area contributed by atoms with Crippen LogP contribution >= 0.6 is 11.3 Å². The van der Waals surface area contributed by atoms with Gasteiger partial charge in [0.2, 0.25) is 6.41 Å². The molecular weight excluding hydrogens is 207 g/mol. The van der Waals surface area contributed by atoms with Crippen molar-refractivity contribution in [3.63, 3.8) is 0 Å². The minimum absolute atomic E-state index is 0.144. The molecule has 5 nitrogen and oxygen atoms in total. The molecule has 0 aromatic carbocycles. The van der Waals surface area contributed by atoms with Gasteiger partial charge in [0.05, 0.1) is 18.7 Å². The summed E-state index contributed by atoms with van der Waals surface area (Å²) in [4.78, 5) is 25.1. The molecule has 1 aromatic heterocycles. The molecule has 1 aromatic rings. The van der Waals surface area contributed by atoms with Crippen molar-refractivity contribution in [3.8, 4) is 0 Å². The molecule has 14 heavy (non-hydrogen) atoms. The molecule has 6 heteroatoms. The minimum atomic E-state index is -0.310. The van der Waals surface area contributed by atoms with Crippen LogP contribution in [0.15, 0.2) is 5.38 Å². The summed E-state index contributed by atoms with van der Waals surface area (Å²) in [6, 6.07) is 0. The van der Waals surface area contributed by atoms with Crippen molar-refractivity contribution in [2.24, 2.45) is 0 Å².